The Morgan fingerprint density at radius 2 is 1.76 bits per heavy atom. The van der Waals surface area contributed by atoms with Gasteiger partial charge in [-0.3, -0.25) is 10.2 Å². The van der Waals surface area contributed by atoms with Crippen molar-refractivity contribution in [3.63, 3.8) is 0 Å². The number of carbonyl (C=O) groups is 1. The van der Waals surface area contributed by atoms with Gasteiger partial charge in [0.2, 0.25) is 0 Å². The molecular weight excluding hydrogens is 314 g/mol. The molecule has 0 saturated carbocycles. The van der Waals surface area contributed by atoms with Crippen LogP contribution in [0.4, 0.5) is 0 Å². The average Bonchev–Trinajstić information content (AvgIpc) is 3.08. The fraction of sp³-hybridized carbons (Fsp3) is 0.316. The molecule has 25 heavy (non-hydrogen) atoms. The Kier molecular flexibility index (Phi) is 4.70. The molecule has 2 heterocycles. The highest BCUT2D eigenvalue weighted by atomic mass is 16.1. The minimum Gasteiger partial charge on any atom is -0.364 e. The van der Waals surface area contributed by atoms with Crippen LogP contribution in [0.1, 0.15) is 34.5 Å². The van der Waals surface area contributed by atoms with E-state index in [2.05, 4.69) is 9.55 Å². The van der Waals surface area contributed by atoms with Crippen LogP contribution >= 0.6 is 0 Å². The molecule has 3 aromatic rings. The van der Waals surface area contributed by atoms with Crippen LogP contribution in [0.25, 0.3) is 11.0 Å². The number of primary amides is 1. The van der Waals surface area contributed by atoms with Gasteiger partial charge in [0.15, 0.2) is 11.2 Å². The lowest BCUT2D eigenvalue weighted by atomic mass is 10.1. The molecule has 6 nitrogen and oxygen atoms in total. The van der Waals surface area contributed by atoms with Gasteiger partial charge < -0.3 is 14.9 Å². The highest BCUT2D eigenvalue weighted by Crippen LogP contribution is 2.17. The van der Waals surface area contributed by atoms with E-state index in [1.807, 2.05) is 55.1 Å². The van der Waals surface area contributed by atoms with Crippen LogP contribution in [-0.2, 0) is 13.1 Å². The molecule has 1 amide bonds. The Morgan fingerprint density at radius 3 is 2.44 bits per heavy atom. The van der Waals surface area contributed by atoms with Gasteiger partial charge in [-0.1, -0.05) is 0 Å². The third-order valence-corrected chi connectivity index (χ3v) is 4.56. The van der Waals surface area contributed by atoms with E-state index in [9.17, 15) is 4.79 Å². The van der Waals surface area contributed by atoms with Gasteiger partial charge in [-0.25, -0.2) is 4.98 Å². The fourth-order valence-electron chi connectivity index (χ4n) is 3.00. The van der Waals surface area contributed by atoms with E-state index in [4.69, 9.17) is 11.1 Å². The molecule has 0 aliphatic rings. The van der Waals surface area contributed by atoms with Gasteiger partial charge in [0.25, 0.3) is 5.91 Å². The van der Waals surface area contributed by atoms with Gasteiger partial charge in [0.05, 0.1) is 11.0 Å². The molecule has 1 aromatic carbocycles. The fourth-order valence-corrected chi connectivity index (χ4v) is 3.00. The van der Waals surface area contributed by atoms with Crippen molar-refractivity contribution in [2.75, 3.05) is 0 Å². The van der Waals surface area contributed by atoms with Gasteiger partial charge >= 0.3 is 0 Å². The quantitative estimate of drug-likeness (QED) is 0.677. The first-order valence-electron chi connectivity index (χ1n) is 8.44. The summed E-state index contributed by atoms with van der Waals surface area (Å²) in [4.78, 5) is 16.0. The Hall–Kier alpha value is -2.89. The number of benzene rings is 1. The maximum atomic E-state index is 11.7. The number of hydrogen-bond donors (Lipinski definition) is 2. The van der Waals surface area contributed by atoms with Crippen LogP contribution in [0.5, 0.6) is 0 Å². The lowest BCUT2D eigenvalue weighted by Crippen LogP contribution is -2.32. The summed E-state index contributed by atoms with van der Waals surface area (Å²) in [7, 11) is 0. The van der Waals surface area contributed by atoms with Crippen molar-refractivity contribution in [1.29, 1.82) is 5.41 Å². The zero-order valence-corrected chi connectivity index (χ0v) is 14.6. The predicted octanol–water partition coefficient (Wildman–Crippen LogP) is 2.51. The van der Waals surface area contributed by atoms with E-state index in [-0.39, 0.29) is 11.2 Å². The number of aryl methyl sites for hydroxylation is 4. The van der Waals surface area contributed by atoms with E-state index in [0.717, 1.165) is 36.0 Å². The Labute approximate surface area is 146 Å². The predicted molar refractivity (Wildman–Crippen MR) is 97.2 cm³/mol. The maximum Gasteiger partial charge on any atom is 0.271 e. The number of carbonyl (C=O) groups excluding carboxylic acids is 1. The van der Waals surface area contributed by atoms with Crippen LogP contribution in [0.2, 0.25) is 0 Å². The highest BCUT2D eigenvalue weighted by Gasteiger charge is 2.13. The van der Waals surface area contributed by atoms with Crippen molar-refractivity contribution < 1.29 is 4.79 Å². The van der Waals surface area contributed by atoms with Gasteiger partial charge in [0, 0.05) is 25.5 Å². The van der Waals surface area contributed by atoms with Crippen molar-refractivity contribution >= 4 is 16.9 Å². The number of nitrogens with one attached hydrogen (secondary N) is 1. The molecule has 0 atom stereocenters. The molecule has 0 aliphatic heterocycles. The number of nitrogens with zero attached hydrogens (tertiary/aromatic N) is 3. The zero-order chi connectivity index (χ0) is 18.0. The van der Waals surface area contributed by atoms with Crippen LogP contribution in [-0.4, -0.2) is 20.0 Å². The number of hydrogen-bond acceptors (Lipinski definition) is 3. The number of rotatable bonds is 6. The molecule has 2 aromatic heterocycles. The van der Waals surface area contributed by atoms with E-state index >= 15 is 0 Å². The molecule has 0 aliphatic carbocycles. The topological polar surface area (TPSA) is 89.7 Å². The third kappa shape index (κ3) is 3.47. The summed E-state index contributed by atoms with van der Waals surface area (Å²) >= 11 is 0. The van der Waals surface area contributed by atoms with Crippen LogP contribution in [0.15, 0.2) is 36.7 Å². The number of fused-ring (bicyclic) bond motifs is 1. The first kappa shape index (κ1) is 17.0. The second-order valence-corrected chi connectivity index (χ2v) is 6.38. The lowest BCUT2D eigenvalue weighted by molar-refractivity contribution is 0.0993. The molecule has 130 valence electrons. The second-order valence-electron chi connectivity index (χ2n) is 6.38. The van der Waals surface area contributed by atoms with Crippen LogP contribution in [0, 0.1) is 19.3 Å². The first-order valence-corrected chi connectivity index (χ1v) is 8.44. The van der Waals surface area contributed by atoms with Crippen molar-refractivity contribution in [3.8, 4) is 0 Å². The minimum atomic E-state index is -0.661. The summed E-state index contributed by atoms with van der Waals surface area (Å²) in [5.74, 6) is -0.661. The zero-order valence-electron chi connectivity index (χ0n) is 14.6. The van der Waals surface area contributed by atoms with E-state index < -0.39 is 5.91 Å². The smallest absolute Gasteiger partial charge is 0.271 e. The number of amides is 1. The van der Waals surface area contributed by atoms with Crippen molar-refractivity contribution in [2.45, 2.75) is 39.8 Å². The molecule has 0 spiro atoms. The van der Waals surface area contributed by atoms with E-state index in [0.29, 0.717) is 12.1 Å². The molecule has 0 saturated heterocycles. The van der Waals surface area contributed by atoms with Gasteiger partial charge in [-0.2, -0.15) is 0 Å². The largest absolute Gasteiger partial charge is 0.364 e. The van der Waals surface area contributed by atoms with Gasteiger partial charge in [-0.05, 0) is 62.1 Å². The SMILES string of the molecule is Cc1cc2nc(C(N)=O)c(=N)n(CCCCn3cccc3)c2cc1C. The summed E-state index contributed by atoms with van der Waals surface area (Å²) in [5.41, 5.74) is 9.36. The summed E-state index contributed by atoms with van der Waals surface area (Å²) in [5, 5.41) is 8.35. The summed E-state index contributed by atoms with van der Waals surface area (Å²) in [6.07, 6.45) is 5.98. The number of aromatic nitrogens is 3. The standard InChI is InChI=1S/C19H23N5O/c1-13-11-15-16(12-14(13)2)24(18(20)17(22-15)19(21)25)10-6-5-9-23-7-3-4-8-23/h3-4,7-8,11-12,20H,5-6,9-10H2,1-2H3,(H2,21,25). The Morgan fingerprint density at radius 1 is 1.12 bits per heavy atom. The summed E-state index contributed by atoms with van der Waals surface area (Å²) in [6, 6.07) is 8.01. The monoisotopic (exact) mass is 337 g/mol. The minimum absolute atomic E-state index is 0.0289. The molecule has 0 fully saturated rings. The van der Waals surface area contributed by atoms with Crippen molar-refractivity contribution in [2.24, 2.45) is 5.73 Å². The molecule has 0 bridgehead atoms. The van der Waals surface area contributed by atoms with Crippen molar-refractivity contribution in [3.05, 3.63) is 59.0 Å². The first-order chi connectivity index (χ1) is 12.0. The van der Waals surface area contributed by atoms with Crippen LogP contribution in [0.3, 0.4) is 0 Å². The number of unbranched alkanes of at least 4 members (excludes halogenated alkanes) is 1. The van der Waals surface area contributed by atoms with Crippen molar-refractivity contribution in [1.82, 2.24) is 14.1 Å². The van der Waals surface area contributed by atoms with E-state index in [1.54, 1.807) is 0 Å². The molecule has 0 unspecified atom stereocenters. The average molecular weight is 337 g/mol. The molecule has 3 N–H and O–H groups in total. The maximum absolute atomic E-state index is 11.7. The Balaban J connectivity index is 1.93. The lowest BCUT2D eigenvalue weighted by Gasteiger charge is -2.14. The normalized spacial score (nSPS) is 11.1. The highest BCUT2D eigenvalue weighted by molar-refractivity contribution is 5.92. The summed E-state index contributed by atoms with van der Waals surface area (Å²) in [6.45, 7) is 5.64. The van der Waals surface area contributed by atoms with Gasteiger partial charge in [-0.15, -0.1) is 0 Å². The molecular formula is C19H23N5O. The second kappa shape index (κ2) is 6.93. The van der Waals surface area contributed by atoms with Crippen LogP contribution < -0.4 is 11.2 Å². The number of nitrogens with two attached hydrogens (primary N) is 1. The molecule has 0 radical (unpaired) electrons. The third-order valence-electron chi connectivity index (χ3n) is 4.56. The van der Waals surface area contributed by atoms with E-state index in [1.165, 1.54) is 0 Å². The molecule has 3 rings (SSSR count). The molecule has 6 heteroatoms. The van der Waals surface area contributed by atoms with Gasteiger partial charge in [0.1, 0.15) is 0 Å². The Bertz CT molecular complexity index is 970. The summed E-state index contributed by atoms with van der Waals surface area (Å²) < 4.78 is 3.99.